The normalized spacial score (nSPS) is 25.0. The third-order valence-electron chi connectivity index (χ3n) is 6.23. The van der Waals surface area contributed by atoms with E-state index in [-0.39, 0.29) is 42.8 Å². The molecule has 1 aromatic rings. The molecule has 1 aliphatic heterocycles. The van der Waals surface area contributed by atoms with Crippen LogP contribution >= 0.6 is 11.6 Å². The van der Waals surface area contributed by atoms with Crippen LogP contribution in [0.2, 0.25) is 5.02 Å². The number of hydrazine groups is 1. The van der Waals surface area contributed by atoms with E-state index >= 15 is 0 Å². The van der Waals surface area contributed by atoms with Gasteiger partial charge in [0.2, 0.25) is 5.91 Å². The molecule has 1 aliphatic carbocycles. The van der Waals surface area contributed by atoms with Gasteiger partial charge in [0.05, 0.1) is 24.1 Å². The van der Waals surface area contributed by atoms with Crippen LogP contribution in [0.25, 0.3) is 0 Å². The fourth-order valence-electron chi connectivity index (χ4n) is 4.37. The van der Waals surface area contributed by atoms with Crippen molar-refractivity contribution in [2.75, 3.05) is 20.2 Å². The van der Waals surface area contributed by atoms with Crippen LogP contribution in [0.3, 0.4) is 0 Å². The molecule has 1 saturated carbocycles. The third-order valence-corrected chi connectivity index (χ3v) is 6.54. The molecule has 2 amide bonds. The zero-order chi connectivity index (χ0) is 27.2. The summed E-state index contributed by atoms with van der Waals surface area (Å²) < 4.78 is 59.1. The summed E-state index contributed by atoms with van der Waals surface area (Å²) in [5, 5.41) is 9.58. The van der Waals surface area contributed by atoms with Gasteiger partial charge in [0.1, 0.15) is 11.9 Å². The van der Waals surface area contributed by atoms with Gasteiger partial charge in [-0.1, -0.05) is 17.7 Å². The first-order valence-electron chi connectivity index (χ1n) is 12.0. The van der Waals surface area contributed by atoms with Crippen LogP contribution in [-0.4, -0.2) is 67.5 Å². The van der Waals surface area contributed by atoms with Gasteiger partial charge in [-0.3, -0.25) is 10.1 Å². The van der Waals surface area contributed by atoms with Crippen LogP contribution in [-0.2, 0) is 16.1 Å². The number of ether oxygens (including phenoxy) is 1. The van der Waals surface area contributed by atoms with E-state index in [1.807, 2.05) is 0 Å². The third kappa shape index (κ3) is 8.44. The lowest BCUT2D eigenvalue weighted by molar-refractivity contribution is -0.168. The first-order valence-corrected chi connectivity index (χ1v) is 12.4. The molecule has 4 N–H and O–H groups in total. The Labute approximate surface area is 217 Å². The number of hydrogen-bond acceptors (Lipinski definition) is 6. The Morgan fingerprint density at radius 3 is 2.43 bits per heavy atom. The van der Waals surface area contributed by atoms with Crippen LogP contribution in [0.15, 0.2) is 23.2 Å². The molecular formula is C23H31ClF4N6O3. The number of amides is 2. The molecule has 1 aromatic carbocycles. The fourth-order valence-corrected chi connectivity index (χ4v) is 4.49. The second-order valence-corrected chi connectivity index (χ2v) is 9.50. The maximum atomic E-state index is 13.8. The average Bonchev–Trinajstić information content (AvgIpc) is 3.23. The van der Waals surface area contributed by atoms with E-state index in [2.05, 4.69) is 26.4 Å². The second kappa shape index (κ2) is 12.7. The largest absolute Gasteiger partial charge is 0.450 e. The molecule has 2 atom stereocenters. The summed E-state index contributed by atoms with van der Waals surface area (Å²) in [6.45, 7) is 1.80. The molecule has 1 heterocycles. The standard InChI is InChI=1S/C23H31ClF4N6O3/c1-3-37-22(36)31-15-7-5-14(6-8-15)30-21(29-11-13-4-9-17(24)18(25)10-13)32-20(35)16-12-34(2)33-19(16)23(26,27)28/h4,9-10,14-16,19,33H,3,5-8,11-12H2,1-2H3,(H,31,36)(H2,29,30,32,35). The zero-order valence-corrected chi connectivity index (χ0v) is 21.3. The van der Waals surface area contributed by atoms with E-state index in [4.69, 9.17) is 16.3 Å². The lowest BCUT2D eigenvalue weighted by Crippen LogP contribution is -2.53. The summed E-state index contributed by atoms with van der Waals surface area (Å²) in [7, 11) is 1.43. The maximum absolute atomic E-state index is 13.8. The Morgan fingerprint density at radius 2 is 1.84 bits per heavy atom. The maximum Gasteiger partial charge on any atom is 0.407 e. The van der Waals surface area contributed by atoms with E-state index in [1.165, 1.54) is 24.2 Å². The highest BCUT2D eigenvalue weighted by molar-refractivity contribution is 6.30. The number of alkyl halides is 3. The van der Waals surface area contributed by atoms with E-state index in [1.54, 1.807) is 13.0 Å². The first kappa shape index (κ1) is 28.9. The number of benzene rings is 1. The molecule has 3 rings (SSSR count). The van der Waals surface area contributed by atoms with E-state index in [0.29, 0.717) is 31.2 Å². The molecule has 0 spiro atoms. The van der Waals surface area contributed by atoms with E-state index < -0.39 is 36.0 Å². The molecule has 2 fully saturated rings. The molecule has 14 heteroatoms. The summed E-state index contributed by atoms with van der Waals surface area (Å²) >= 11 is 5.72. The SMILES string of the molecule is CCOC(=O)NC1CCC(NC(=NCc2ccc(Cl)c(F)c2)NC(=O)C2CN(C)NC2C(F)(F)F)CC1. The Bertz CT molecular complexity index is 988. The fraction of sp³-hybridized carbons (Fsp3) is 0.609. The van der Waals surface area contributed by atoms with Gasteiger partial charge in [0, 0.05) is 25.7 Å². The molecule has 9 nitrogen and oxygen atoms in total. The highest BCUT2D eigenvalue weighted by Gasteiger charge is 2.52. The van der Waals surface area contributed by atoms with Crippen molar-refractivity contribution in [1.29, 1.82) is 0 Å². The van der Waals surface area contributed by atoms with Gasteiger partial charge in [-0.05, 0) is 50.3 Å². The van der Waals surface area contributed by atoms with E-state index in [9.17, 15) is 27.2 Å². The molecule has 1 saturated heterocycles. The predicted octanol–water partition coefficient (Wildman–Crippen LogP) is 3.10. The van der Waals surface area contributed by atoms with Crippen molar-refractivity contribution in [3.05, 3.63) is 34.6 Å². The summed E-state index contributed by atoms with van der Waals surface area (Å²) in [5.74, 6) is -2.87. The molecular weight excluding hydrogens is 520 g/mol. The van der Waals surface area contributed by atoms with Gasteiger partial charge in [-0.2, -0.15) is 13.2 Å². The number of alkyl carbamates (subject to hydrolysis) is 1. The van der Waals surface area contributed by atoms with Gasteiger partial charge in [0.15, 0.2) is 5.96 Å². The molecule has 2 unspecified atom stereocenters. The Hall–Kier alpha value is -2.64. The lowest BCUT2D eigenvalue weighted by atomic mass is 9.91. The minimum atomic E-state index is -4.62. The van der Waals surface area contributed by atoms with Crippen LogP contribution < -0.4 is 21.4 Å². The monoisotopic (exact) mass is 550 g/mol. The number of carbonyl (C=O) groups is 2. The van der Waals surface area contributed by atoms with Crippen LogP contribution in [0.4, 0.5) is 22.4 Å². The number of guanidine groups is 1. The van der Waals surface area contributed by atoms with Crippen molar-refractivity contribution in [2.45, 2.75) is 63.5 Å². The number of halogens is 5. The number of nitrogens with one attached hydrogen (secondary N) is 4. The van der Waals surface area contributed by atoms with Gasteiger partial charge < -0.3 is 15.4 Å². The summed E-state index contributed by atoms with van der Waals surface area (Å²) in [6, 6.07) is 1.89. The topological polar surface area (TPSA) is 107 Å². The second-order valence-electron chi connectivity index (χ2n) is 9.10. The van der Waals surface area contributed by atoms with Gasteiger partial charge in [0.25, 0.3) is 0 Å². The number of carbonyl (C=O) groups excluding carboxylic acids is 2. The minimum absolute atomic E-state index is 0.00219. The zero-order valence-electron chi connectivity index (χ0n) is 20.5. The minimum Gasteiger partial charge on any atom is -0.450 e. The van der Waals surface area contributed by atoms with Gasteiger partial charge >= 0.3 is 12.3 Å². The quantitative estimate of drug-likeness (QED) is 0.246. The number of aliphatic imine (C=N–C) groups is 1. The smallest absolute Gasteiger partial charge is 0.407 e. The summed E-state index contributed by atoms with van der Waals surface area (Å²) in [4.78, 5) is 28.9. The lowest BCUT2D eigenvalue weighted by Gasteiger charge is -2.30. The highest BCUT2D eigenvalue weighted by atomic mass is 35.5. The first-order chi connectivity index (χ1) is 17.5. The summed E-state index contributed by atoms with van der Waals surface area (Å²) in [6.07, 6.45) is -2.62. The molecule has 0 aromatic heterocycles. The Kier molecular flexibility index (Phi) is 9.96. The molecule has 0 bridgehead atoms. The van der Waals surface area contributed by atoms with Crippen LogP contribution in [0.5, 0.6) is 0 Å². The van der Waals surface area contributed by atoms with Crippen molar-refractivity contribution in [3.8, 4) is 0 Å². The average molecular weight is 551 g/mol. The number of nitrogens with zero attached hydrogens (tertiary/aromatic N) is 2. The highest BCUT2D eigenvalue weighted by Crippen LogP contribution is 2.30. The van der Waals surface area contributed by atoms with Crippen molar-refractivity contribution >= 4 is 29.6 Å². The van der Waals surface area contributed by atoms with Gasteiger partial charge in [-0.15, -0.1) is 0 Å². The molecule has 0 radical (unpaired) electrons. The van der Waals surface area contributed by atoms with Crippen LogP contribution in [0.1, 0.15) is 38.2 Å². The van der Waals surface area contributed by atoms with Gasteiger partial charge in [-0.25, -0.2) is 24.6 Å². The molecule has 37 heavy (non-hydrogen) atoms. The predicted molar refractivity (Wildman–Crippen MR) is 129 cm³/mol. The molecule has 206 valence electrons. The number of hydrogen-bond donors (Lipinski definition) is 4. The Morgan fingerprint density at radius 1 is 1.19 bits per heavy atom. The van der Waals surface area contributed by atoms with Crippen LogP contribution in [0, 0.1) is 11.7 Å². The Balaban J connectivity index is 1.69. The van der Waals surface area contributed by atoms with Crippen molar-refractivity contribution in [2.24, 2.45) is 10.9 Å². The van der Waals surface area contributed by atoms with Crippen molar-refractivity contribution < 1.29 is 31.9 Å². The van der Waals surface area contributed by atoms with Crippen molar-refractivity contribution in [3.63, 3.8) is 0 Å². The molecule has 2 aliphatic rings. The van der Waals surface area contributed by atoms with E-state index in [0.717, 1.165) is 0 Å². The summed E-state index contributed by atoms with van der Waals surface area (Å²) in [5.41, 5.74) is 2.73. The van der Waals surface area contributed by atoms with Crippen molar-refractivity contribution in [1.82, 2.24) is 26.4 Å². The number of rotatable bonds is 6.